The smallest absolute Gasteiger partial charge is 0.295 e. The highest BCUT2D eigenvalue weighted by Gasteiger charge is 2.27. The van der Waals surface area contributed by atoms with Gasteiger partial charge in [0.25, 0.3) is 5.69 Å². The van der Waals surface area contributed by atoms with E-state index in [0.29, 0.717) is 24.3 Å². The number of aryl methyl sites for hydroxylation is 1. The minimum atomic E-state index is -0.535. The number of piperazine rings is 1. The molecule has 5 nitrogen and oxygen atoms in total. The van der Waals surface area contributed by atoms with Crippen LogP contribution in [0.15, 0.2) is 12.1 Å². The zero-order chi connectivity index (χ0) is 14.2. The Morgan fingerprint density at radius 1 is 1.37 bits per heavy atom. The van der Waals surface area contributed by atoms with Crippen molar-refractivity contribution in [3.63, 3.8) is 0 Å². The molecule has 0 saturated carbocycles. The Bertz CT molecular complexity index is 497. The maximum atomic E-state index is 13.5. The molecule has 2 unspecified atom stereocenters. The summed E-state index contributed by atoms with van der Waals surface area (Å²) in [4.78, 5) is 12.5. The standard InChI is InChI=1S/C13H18FN3O2/c1-8-4-12(13(17(18)19)5-11(8)14)16-6-9(2)15-10(3)7-16/h4-5,9-10,15H,6-7H2,1-3H3. The number of nitro groups is 1. The predicted octanol–water partition coefficient (Wildman–Crippen LogP) is 2.23. The Labute approximate surface area is 111 Å². The van der Waals surface area contributed by atoms with Crippen LogP contribution < -0.4 is 10.2 Å². The van der Waals surface area contributed by atoms with Crippen LogP contribution in [-0.4, -0.2) is 30.1 Å². The van der Waals surface area contributed by atoms with Crippen LogP contribution in [0.2, 0.25) is 0 Å². The normalized spacial score (nSPS) is 23.5. The largest absolute Gasteiger partial charge is 0.363 e. The fourth-order valence-corrected chi connectivity index (χ4v) is 2.58. The summed E-state index contributed by atoms with van der Waals surface area (Å²) in [5, 5.41) is 14.5. The van der Waals surface area contributed by atoms with E-state index < -0.39 is 10.7 Å². The summed E-state index contributed by atoms with van der Waals surface area (Å²) in [7, 11) is 0. The quantitative estimate of drug-likeness (QED) is 0.659. The average Bonchev–Trinajstić information content (AvgIpc) is 2.30. The van der Waals surface area contributed by atoms with Gasteiger partial charge in [-0.05, 0) is 32.4 Å². The molecule has 0 bridgehead atoms. The van der Waals surface area contributed by atoms with Gasteiger partial charge in [0.05, 0.1) is 11.0 Å². The first-order valence-electron chi connectivity index (χ1n) is 6.34. The number of hydrogen-bond donors (Lipinski definition) is 1. The zero-order valence-electron chi connectivity index (χ0n) is 11.3. The molecule has 2 rings (SSSR count). The molecule has 2 atom stereocenters. The molecule has 1 N–H and O–H groups in total. The Balaban J connectivity index is 2.42. The van der Waals surface area contributed by atoms with Crippen molar-refractivity contribution in [1.82, 2.24) is 5.32 Å². The van der Waals surface area contributed by atoms with Crippen molar-refractivity contribution in [3.05, 3.63) is 33.6 Å². The summed E-state index contributed by atoms with van der Waals surface area (Å²) in [5.74, 6) is -0.535. The number of nitrogens with one attached hydrogen (secondary N) is 1. The third-order valence-electron chi connectivity index (χ3n) is 3.35. The van der Waals surface area contributed by atoms with Crippen LogP contribution in [-0.2, 0) is 0 Å². The van der Waals surface area contributed by atoms with Gasteiger partial charge in [-0.3, -0.25) is 10.1 Å². The van der Waals surface area contributed by atoms with Crippen molar-refractivity contribution in [2.24, 2.45) is 0 Å². The highest BCUT2D eigenvalue weighted by Crippen LogP contribution is 2.32. The molecule has 1 fully saturated rings. The van der Waals surface area contributed by atoms with E-state index in [4.69, 9.17) is 0 Å². The topological polar surface area (TPSA) is 58.4 Å². The second-order valence-corrected chi connectivity index (χ2v) is 5.22. The summed E-state index contributed by atoms with van der Waals surface area (Å²) >= 11 is 0. The summed E-state index contributed by atoms with van der Waals surface area (Å²) in [6.07, 6.45) is 0. The van der Waals surface area contributed by atoms with E-state index in [1.54, 1.807) is 13.0 Å². The van der Waals surface area contributed by atoms with E-state index in [1.807, 2.05) is 18.7 Å². The van der Waals surface area contributed by atoms with Gasteiger partial charge in [-0.1, -0.05) is 0 Å². The third-order valence-corrected chi connectivity index (χ3v) is 3.35. The van der Waals surface area contributed by atoms with Crippen LogP contribution in [0.3, 0.4) is 0 Å². The second-order valence-electron chi connectivity index (χ2n) is 5.22. The first-order valence-corrected chi connectivity index (χ1v) is 6.34. The number of anilines is 1. The Morgan fingerprint density at radius 2 is 1.95 bits per heavy atom. The summed E-state index contributed by atoms with van der Waals surface area (Å²) < 4.78 is 13.5. The van der Waals surface area contributed by atoms with Gasteiger partial charge >= 0.3 is 0 Å². The van der Waals surface area contributed by atoms with Gasteiger partial charge in [0.1, 0.15) is 11.5 Å². The lowest BCUT2D eigenvalue weighted by molar-refractivity contribution is -0.384. The van der Waals surface area contributed by atoms with E-state index in [-0.39, 0.29) is 17.8 Å². The summed E-state index contributed by atoms with van der Waals surface area (Å²) in [5.41, 5.74) is 0.771. The first-order chi connectivity index (χ1) is 8.88. The second kappa shape index (κ2) is 5.13. The van der Waals surface area contributed by atoms with E-state index in [1.165, 1.54) is 0 Å². The van der Waals surface area contributed by atoms with Gasteiger partial charge in [-0.25, -0.2) is 4.39 Å². The molecule has 0 radical (unpaired) electrons. The molecule has 0 amide bonds. The molecule has 1 heterocycles. The zero-order valence-corrected chi connectivity index (χ0v) is 11.3. The van der Waals surface area contributed by atoms with Gasteiger partial charge in [0.2, 0.25) is 0 Å². The van der Waals surface area contributed by atoms with Crippen LogP contribution in [0, 0.1) is 22.9 Å². The van der Waals surface area contributed by atoms with Gasteiger partial charge in [-0.2, -0.15) is 0 Å². The van der Waals surface area contributed by atoms with Crippen LogP contribution in [0.4, 0.5) is 15.8 Å². The van der Waals surface area contributed by atoms with Crippen LogP contribution >= 0.6 is 0 Å². The van der Waals surface area contributed by atoms with Crippen molar-refractivity contribution >= 4 is 11.4 Å². The van der Waals surface area contributed by atoms with Gasteiger partial charge in [0.15, 0.2) is 0 Å². The van der Waals surface area contributed by atoms with Crippen molar-refractivity contribution in [2.45, 2.75) is 32.9 Å². The summed E-state index contributed by atoms with van der Waals surface area (Å²) in [6, 6.07) is 3.07. The molecular formula is C13H18FN3O2. The minimum Gasteiger partial charge on any atom is -0.363 e. The van der Waals surface area contributed by atoms with Crippen molar-refractivity contribution in [1.29, 1.82) is 0 Å². The van der Waals surface area contributed by atoms with E-state index in [0.717, 1.165) is 6.07 Å². The van der Waals surface area contributed by atoms with Crippen LogP contribution in [0.5, 0.6) is 0 Å². The number of benzene rings is 1. The van der Waals surface area contributed by atoms with Crippen LogP contribution in [0.1, 0.15) is 19.4 Å². The summed E-state index contributed by atoms with van der Waals surface area (Å²) in [6.45, 7) is 7.04. The number of hydrogen-bond acceptors (Lipinski definition) is 4. The van der Waals surface area contributed by atoms with E-state index in [9.17, 15) is 14.5 Å². The number of halogens is 1. The molecule has 0 aromatic heterocycles. The lowest BCUT2D eigenvalue weighted by atomic mass is 10.1. The number of rotatable bonds is 2. The van der Waals surface area contributed by atoms with Gasteiger partial charge in [-0.15, -0.1) is 0 Å². The predicted molar refractivity (Wildman–Crippen MR) is 72.1 cm³/mol. The fourth-order valence-electron chi connectivity index (χ4n) is 2.58. The average molecular weight is 267 g/mol. The molecule has 104 valence electrons. The molecule has 1 aliphatic rings. The molecule has 0 aliphatic carbocycles. The first kappa shape index (κ1) is 13.7. The molecule has 1 saturated heterocycles. The molecule has 6 heteroatoms. The lowest BCUT2D eigenvalue weighted by Crippen LogP contribution is -2.54. The SMILES string of the molecule is Cc1cc(N2CC(C)NC(C)C2)c([N+](=O)[O-])cc1F. The van der Waals surface area contributed by atoms with Crippen molar-refractivity contribution in [3.8, 4) is 0 Å². The van der Waals surface area contributed by atoms with Crippen LogP contribution in [0.25, 0.3) is 0 Å². The molecule has 0 spiro atoms. The maximum Gasteiger partial charge on any atom is 0.295 e. The molecule has 1 aromatic carbocycles. The minimum absolute atomic E-state index is 0.163. The maximum absolute atomic E-state index is 13.5. The highest BCUT2D eigenvalue weighted by molar-refractivity contribution is 5.65. The highest BCUT2D eigenvalue weighted by atomic mass is 19.1. The number of nitro benzene ring substituents is 1. The molecule has 19 heavy (non-hydrogen) atoms. The van der Waals surface area contributed by atoms with E-state index >= 15 is 0 Å². The van der Waals surface area contributed by atoms with Gasteiger partial charge < -0.3 is 10.2 Å². The van der Waals surface area contributed by atoms with Crippen molar-refractivity contribution < 1.29 is 9.31 Å². The van der Waals surface area contributed by atoms with Gasteiger partial charge in [0, 0.05) is 25.2 Å². The van der Waals surface area contributed by atoms with Crippen molar-refractivity contribution in [2.75, 3.05) is 18.0 Å². The number of nitrogens with zero attached hydrogens (tertiary/aromatic N) is 2. The molecular weight excluding hydrogens is 249 g/mol. The third kappa shape index (κ3) is 2.84. The Kier molecular flexibility index (Phi) is 3.71. The Hall–Kier alpha value is -1.69. The fraction of sp³-hybridized carbons (Fsp3) is 0.538. The Morgan fingerprint density at radius 3 is 2.47 bits per heavy atom. The lowest BCUT2D eigenvalue weighted by Gasteiger charge is -2.37. The van der Waals surface area contributed by atoms with E-state index in [2.05, 4.69) is 5.32 Å². The molecule has 1 aliphatic heterocycles. The molecule has 1 aromatic rings. The monoisotopic (exact) mass is 267 g/mol.